The Bertz CT molecular complexity index is 3160. The number of hydrogen-bond acceptors (Lipinski definition) is 6. The normalized spacial score (nSPS) is 15.6. The molecule has 0 spiro atoms. The van der Waals surface area contributed by atoms with E-state index < -0.39 is 5.60 Å². The van der Waals surface area contributed by atoms with Crippen molar-refractivity contribution in [2.24, 2.45) is 0 Å². The average Bonchev–Trinajstić information content (AvgIpc) is 3.60. The van der Waals surface area contributed by atoms with Crippen molar-refractivity contribution in [2.45, 2.75) is 24.9 Å². The molecule has 8 aromatic carbocycles. The summed E-state index contributed by atoms with van der Waals surface area (Å²) in [6, 6.07) is 60.7. The molecular formula is C57H43N3O3. The zero-order valence-corrected chi connectivity index (χ0v) is 35.5. The quantitative estimate of drug-likeness (QED) is 0.152. The van der Waals surface area contributed by atoms with Crippen LogP contribution < -0.4 is 14.2 Å². The number of rotatable bonds is 8. The summed E-state index contributed by atoms with van der Waals surface area (Å²) in [5.41, 5.74) is 11.6. The van der Waals surface area contributed by atoms with Crippen molar-refractivity contribution >= 4 is 16.8 Å². The van der Waals surface area contributed by atoms with Crippen molar-refractivity contribution in [1.82, 2.24) is 15.0 Å². The van der Waals surface area contributed by atoms with Gasteiger partial charge in [0, 0.05) is 44.2 Å². The fourth-order valence-electron chi connectivity index (χ4n) is 9.60. The number of methoxy groups -OCH3 is 2. The molecule has 0 bridgehead atoms. The van der Waals surface area contributed by atoms with E-state index in [1.807, 2.05) is 66.7 Å². The lowest BCUT2D eigenvalue weighted by atomic mass is 9.76. The van der Waals surface area contributed by atoms with Gasteiger partial charge < -0.3 is 14.2 Å². The van der Waals surface area contributed by atoms with Gasteiger partial charge in [-0.3, -0.25) is 0 Å². The van der Waals surface area contributed by atoms with Crippen molar-refractivity contribution in [3.63, 3.8) is 0 Å². The van der Waals surface area contributed by atoms with Gasteiger partial charge in [0.25, 0.3) is 0 Å². The van der Waals surface area contributed by atoms with Crippen LogP contribution in [-0.2, 0) is 11.0 Å². The fourth-order valence-corrected chi connectivity index (χ4v) is 9.60. The summed E-state index contributed by atoms with van der Waals surface area (Å²) in [5, 5.41) is 2.00. The molecule has 0 fully saturated rings. The van der Waals surface area contributed by atoms with Crippen LogP contribution in [0.2, 0.25) is 0 Å². The molecule has 1 unspecified atom stereocenters. The van der Waals surface area contributed by atoms with E-state index in [0.717, 1.165) is 61.0 Å². The summed E-state index contributed by atoms with van der Waals surface area (Å²) in [5.74, 6) is 3.92. The molecule has 6 nitrogen and oxygen atoms in total. The minimum Gasteiger partial charge on any atom is -0.493 e. The minimum atomic E-state index is -1.02. The van der Waals surface area contributed by atoms with E-state index in [2.05, 4.69) is 135 Å². The molecule has 0 saturated carbocycles. The van der Waals surface area contributed by atoms with Gasteiger partial charge in [-0.2, -0.15) is 0 Å². The maximum absolute atomic E-state index is 7.72. The SMILES string of the molecule is COc1cc2c3c(c4c(c2cc1OC)-c1ccccc1C4(C)C)C=CC(c1ccc(-c2ccccc2)cc1)(c1ccc(-c2nc(-c4ccccc4)nc(-c4ccccc4)n2)cc1)O3. The molecule has 6 heteroatoms. The van der Waals surface area contributed by atoms with Crippen LogP contribution in [-0.4, -0.2) is 29.2 Å². The number of benzene rings is 8. The average molecular weight is 818 g/mol. The van der Waals surface area contributed by atoms with E-state index in [-0.39, 0.29) is 5.41 Å². The highest BCUT2D eigenvalue weighted by atomic mass is 16.5. The number of aromatic nitrogens is 3. The second kappa shape index (κ2) is 15.0. The molecule has 0 radical (unpaired) electrons. The Morgan fingerprint density at radius 3 is 1.46 bits per heavy atom. The molecule has 0 N–H and O–H groups in total. The van der Waals surface area contributed by atoms with Crippen LogP contribution in [0, 0.1) is 0 Å². The Hall–Kier alpha value is -7.83. The van der Waals surface area contributed by atoms with Gasteiger partial charge in [-0.25, -0.2) is 15.0 Å². The van der Waals surface area contributed by atoms with E-state index in [1.54, 1.807) is 14.2 Å². The Labute approximate surface area is 367 Å². The van der Waals surface area contributed by atoms with Crippen LogP contribution in [0.1, 0.15) is 41.7 Å². The van der Waals surface area contributed by atoms with E-state index >= 15 is 0 Å². The van der Waals surface area contributed by atoms with Gasteiger partial charge in [0.1, 0.15) is 5.75 Å². The van der Waals surface area contributed by atoms with Gasteiger partial charge in [0.15, 0.2) is 34.6 Å². The van der Waals surface area contributed by atoms with Crippen LogP contribution in [0.15, 0.2) is 182 Å². The van der Waals surface area contributed by atoms with Crippen molar-refractivity contribution in [2.75, 3.05) is 14.2 Å². The summed E-state index contributed by atoms with van der Waals surface area (Å²) in [4.78, 5) is 15.0. The van der Waals surface area contributed by atoms with Gasteiger partial charge in [0.05, 0.1) is 14.2 Å². The Morgan fingerprint density at radius 1 is 0.476 bits per heavy atom. The Morgan fingerprint density at radius 2 is 0.921 bits per heavy atom. The van der Waals surface area contributed by atoms with E-state index in [0.29, 0.717) is 29.0 Å². The molecule has 0 amide bonds. The monoisotopic (exact) mass is 817 g/mol. The van der Waals surface area contributed by atoms with E-state index in [1.165, 1.54) is 22.3 Å². The summed E-state index contributed by atoms with van der Waals surface area (Å²) in [6.45, 7) is 4.63. The molecule has 2 heterocycles. The topological polar surface area (TPSA) is 66.4 Å². The maximum atomic E-state index is 7.72. The lowest BCUT2D eigenvalue weighted by Gasteiger charge is -2.38. The molecule has 1 aliphatic heterocycles. The number of fused-ring (bicyclic) bond motifs is 8. The van der Waals surface area contributed by atoms with Gasteiger partial charge in [-0.05, 0) is 57.0 Å². The lowest BCUT2D eigenvalue weighted by Crippen LogP contribution is -2.35. The molecule has 63 heavy (non-hydrogen) atoms. The van der Waals surface area contributed by atoms with Crippen LogP contribution in [0.3, 0.4) is 0 Å². The van der Waals surface area contributed by atoms with Crippen molar-refractivity contribution < 1.29 is 14.2 Å². The smallest absolute Gasteiger partial charge is 0.178 e. The molecule has 304 valence electrons. The predicted octanol–water partition coefficient (Wildman–Crippen LogP) is 13.4. The minimum absolute atomic E-state index is 0.300. The molecule has 1 atom stereocenters. The summed E-state index contributed by atoms with van der Waals surface area (Å²) < 4.78 is 19.6. The highest BCUT2D eigenvalue weighted by Crippen LogP contribution is 2.59. The van der Waals surface area contributed by atoms with Crippen LogP contribution in [0.25, 0.3) is 73.3 Å². The third-order valence-corrected chi connectivity index (χ3v) is 12.7. The highest BCUT2D eigenvalue weighted by Gasteiger charge is 2.44. The Balaban J connectivity index is 1.11. The molecule has 1 aliphatic carbocycles. The molecule has 11 rings (SSSR count). The van der Waals surface area contributed by atoms with Crippen molar-refractivity contribution in [3.05, 3.63) is 210 Å². The van der Waals surface area contributed by atoms with Crippen molar-refractivity contribution in [1.29, 1.82) is 0 Å². The second-order valence-electron chi connectivity index (χ2n) is 16.6. The third-order valence-electron chi connectivity index (χ3n) is 12.7. The first-order valence-corrected chi connectivity index (χ1v) is 21.2. The largest absolute Gasteiger partial charge is 0.493 e. The zero-order valence-electron chi connectivity index (χ0n) is 35.5. The van der Waals surface area contributed by atoms with Crippen LogP contribution in [0.5, 0.6) is 17.2 Å². The second-order valence-corrected chi connectivity index (χ2v) is 16.6. The summed E-state index contributed by atoms with van der Waals surface area (Å²) >= 11 is 0. The molecule has 2 aliphatic rings. The standard InChI is InChI=1S/C57H43N3O3/c1-56(2)47-23-15-14-22-43(47)50-45-34-48(61-3)49(62-4)35-46(45)52-44(51(50)56)32-33-57(63-52,41-28-24-37(25-29-41)36-16-8-5-9-17-36)42-30-26-40(27-31-42)55-59-53(38-18-10-6-11-19-38)58-54(60-55)39-20-12-7-13-21-39/h5-35H,1-4H3. The first kappa shape index (κ1) is 38.1. The zero-order chi connectivity index (χ0) is 42.7. The van der Waals surface area contributed by atoms with Crippen LogP contribution >= 0.6 is 0 Å². The van der Waals surface area contributed by atoms with Crippen molar-refractivity contribution in [3.8, 4) is 73.7 Å². The number of ether oxygens (including phenoxy) is 3. The molecular weight excluding hydrogens is 775 g/mol. The predicted molar refractivity (Wildman–Crippen MR) is 253 cm³/mol. The van der Waals surface area contributed by atoms with Gasteiger partial charge in [-0.1, -0.05) is 184 Å². The number of hydrogen-bond donors (Lipinski definition) is 0. The summed E-state index contributed by atoms with van der Waals surface area (Å²) in [7, 11) is 3.37. The van der Waals surface area contributed by atoms with E-state index in [4.69, 9.17) is 29.2 Å². The highest BCUT2D eigenvalue weighted by molar-refractivity contribution is 6.09. The first-order chi connectivity index (χ1) is 30.9. The Kier molecular flexibility index (Phi) is 9.05. The molecule has 1 aromatic heterocycles. The maximum Gasteiger partial charge on any atom is 0.178 e. The van der Waals surface area contributed by atoms with E-state index in [9.17, 15) is 0 Å². The van der Waals surface area contributed by atoms with Crippen LogP contribution in [0.4, 0.5) is 0 Å². The lowest BCUT2D eigenvalue weighted by molar-refractivity contribution is 0.163. The number of nitrogens with zero attached hydrogens (tertiary/aromatic N) is 3. The first-order valence-electron chi connectivity index (χ1n) is 21.2. The molecule has 0 saturated heterocycles. The third kappa shape index (κ3) is 6.20. The van der Waals surface area contributed by atoms with Gasteiger partial charge in [0.2, 0.25) is 0 Å². The summed E-state index contributed by atoms with van der Waals surface area (Å²) in [6.07, 6.45) is 4.52. The molecule has 9 aromatic rings. The van der Waals surface area contributed by atoms with Gasteiger partial charge >= 0.3 is 0 Å². The fraction of sp³-hybridized carbons (Fsp3) is 0.105. The van der Waals surface area contributed by atoms with Gasteiger partial charge in [-0.15, -0.1) is 0 Å².